The number of amides is 1. The highest BCUT2D eigenvalue weighted by molar-refractivity contribution is 6.34. The molecule has 2 aromatic carbocycles. The average molecular weight is 361 g/mol. The van der Waals surface area contributed by atoms with Crippen LogP contribution in [-0.4, -0.2) is 38.3 Å². The van der Waals surface area contributed by atoms with Crippen molar-refractivity contribution >= 4 is 28.9 Å². The summed E-state index contributed by atoms with van der Waals surface area (Å²) < 4.78 is 11.1. The van der Waals surface area contributed by atoms with E-state index in [-0.39, 0.29) is 5.91 Å². The largest absolute Gasteiger partial charge is 0.481 e. The zero-order valence-electron chi connectivity index (χ0n) is 14.1. The van der Waals surface area contributed by atoms with Gasteiger partial charge in [-0.15, -0.1) is 0 Å². The Morgan fingerprint density at radius 3 is 2.60 bits per heavy atom. The lowest BCUT2D eigenvalue weighted by atomic mass is 10.2. The summed E-state index contributed by atoms with van der Waals surface area (Å²) in [7, 11) is 0. The summed E-state index contributed by atoms with van der Waals surface area (Å²) in [5.74, 6) is 0.435. The molecule has 25 heavy (non-hydrogen) atoms. The number of morpholine rings is 1. The van der Waals surface area contributed by atoms with E-state index in [0.717, 1.165) is 18.8 Å². The number of hydrogen-bond acceptors (Lipinski definition) is 4. The van der Waals surface area contributed by atoms with Crippen molar-refractivity contribution in [3.05, 3.63) is 53.6 Å². The standard InChI is InChI=1S/C19H21ClN2O3/c1-14(25-15-6-3-2-4-7-15)19(23)21-17-9-5-8-16(20)18(17)22-10-12-24-13-11-22/h2-9,14H,10-13H2,1H3,(H,21,23)/t14-/m1/s1. The number of carbonyl (C=O) groups excluding carboxylic acids is 1. The van der Waals surface area contributed by atoms with E-state index >= 15 is 0 Å². The lowest BCUT2D eigenvalue weighted by Crippen LogP contribution is -2.37. The molecule has 2 aromatic rings. The highest BCUT2D eigenvalue weighted by Gasteiger charge is 2.21. The summed E-state index contributed by atoms with van der Waals surface area (Å²) in [6.07, 6.45) is -0.626. The molecule has 0 saturated carbocycles. The van der Waals surface area contributed by atoms with Gasteiger partial charge in [0.15, 0.2) is 6.10 Å². The molecule has 5 nitrogen and oxygen atoms in total. The first-order valence-corrected chi connectivity index (χ1v) is 8.67. The van der Waals surface area contributed by atoms with E-state index in [2.05, 4.69) is 10.2 Å². The minimum absolute atomic E-state index is 0.222. The molecule has 3 rings (SSSR count). The minimum atomic E-state index is -0.626. The molecule has 0 aromatic heterocycles. The van der Waals surface area contributed by atoms with Crippen LogP contribution < -0.4 is 15.0 Å². The van der Waals surface area contributed by atoms with E-state index < -0.39 is 6.10 Å². The first kappa shape index (κ1) is 17.6. The number of ether oxygens (including phenoxy) is 2. The van der Waals surface area contributed by atoms with Crippen LogP contribution in [-0.2, 0) is 9.53 Å². The first-order chi connectivity index (χ1) is 12.1. The zero-order chi connectivity index (χ0) is 17.6. The summed E-state index contributed by atoms with van der Waals surface area (Å²) >= 11 is 6.39. The van der Waals surface area contributed by atoms with Gasteiger partial charge in [-0.25, -0.2) is 0 Å². The lowest BCUT2D eigenvalue weighted by Gasteiger charge is -2.31. The predicted molar refractivity (Wildman–Crippen MR) is 99.6 cm³/mol. The summed E-state index contributed by atoms with van der Waals surface area (Å²) in [5, 5.41) is 3.55. The first-order valence-electron chi connectivity index (χ1n) is 8.29. The molecule has 1 fully saturated rings. The third-order valence-electron chi connectivity index (χ3n) is 4.00. The average Bonchev–Trinajstić information content (AvgIpc) is 2.63. The zero-order valence-corrected chi connectivity index (χ0v) is 14.8. The monoisotopic (exact) mass is 360 g/mol. The molecule has 0 unspecified atom stereocenters. The number of rotatable bonds is 5. The van der Waals surface area contributed by atoms with Gasteiger partial charge in [0.2, 0.25) is 0 Å². The van der Waals surface area contributed by atoms with Crippen LogP contribution in [0, 0.1) is 0 Å². The number of carbonyl (C=O) groups is 1. The minimum Gasteiger partial charge on any atom is -0.481 e. The van der Waals surface area contributed by atoms with Crippen molar-refractivity contribution in [2.75, 3.05) is 36.5 Å². The van der Waals surface area contributed by atoms with Crippen LogP contribution in [0.1, 0.15) is 6.92 Å². The van der Waals surface area contributed by atoms with Gasteiger partial charge < -0.3 is 19.7 Å². The van der Waals surface area contributed by atoms with E-state index in [9.17, 15) is 4.79 Å². The maximum Gasteiger partial charge on any atom is 0.265 e. The van der Waals surface area contributed by atoms with Gasteiger partial charge in [0, 0.05) is 13.1 Å². The van der Waals surface area contributed by atoms with Crippen LogP contribution in [0.2, 0.25) is 5.02 Å². The van der Waals surface area contributed by atoms with Gasteiger partial charge in [0.25, 0.3) is 5.91 Å². The number of nitrogens with zero attached hydrogens (tertiary/aromatic N) is 1. The van der Waals surface area contributed by atoms with E-state index in [4.69, 9.17) is 21.1 Å². The molecule has 1 atom stereocenters. The van der Waals surface area contributed by atoms with Crippen molar-refractivity contribution in [3.63, 3.8) is 0 Å². The van der Waals surface area contributed by atoms with Crippen molar-refractivity contribution in [3.8, 4) is 5.75 Å². The molecule has 0 bridgehead atoms. The molecule has 1 N–H and O–H groups in total. The summed E-state index contributed by atoms with van der Waals surface area (Å²) in [6.45, 7) is 4.49. The molecule has 1 amide bonds. The van der Waals surface area contributed by atoms with Crippen LogP contribution in [0.15, 0.2) is 48.5 Å². The maximum atomic E-state index is 12.5. The number of nitrogens with one attached hydrogen (secondary N) is 1. The molecule has 0 spiro atoms. The number of hydrogen-bond donors (Lipinski definition) is 1. The SMILES string of the molecule is C[C@@H](Oc1ccccc1)C(=O)Nc1cccc(Cl)c1N1CCOCC1. The normalized spacial score (nSPS) is 15.5. The van der Waals surface area contributed by atoms with Crippen LogP contribution >= 0.6 is 11.6 Å². The second kappa shape index (κ2) is 8.23. The van der Waals surface area contributed by atoms with E-state index in [1.165, 1.54) is 0 Å². The molecular weight excluding hydrogens is 340 g/mol. The van der Waals surface area contributed by atoms with Gasteiger partial charge in [-0.2, -0.15) is 0 Å². The van der Waals surface area contributed by atoms with Crippen molar-refractivity contribution in [2.45, 2.75) is 13.0 Å². The number of halogens is 1. The Bertz CT molecular complexity index is 718. The molecule has 1 heterocycles. The second-order valence-corrected chi connectivity index (χ2v) is 6.21. The van der Waals surface area contributed by atoms with Gasteiger partial charge in [0.1, 0.15) is 5.75 Å². The van der Waals surface area contributed by atoms with Gasteiger partial charge >= 0.3 is 0 Å². The quantitative estimate of drug-likeness (QED) is 0.885. The molecule has 1 aliphatic heterocycles. The van der Waals surface area contributed by atoms with Crippen molar-refractivity contribution in [2.24, 2.45) is 0 Å². The van der Waals surface area contributed by atoms with E-state index in [1.807, 2.05) is 48.5 Å². The molecule has 0 radical (unpaired) electrons. The number of anilines is 2. The van der Waals surface area contributed by atoms with E-state index in [1.54, 1.807) is 6.92 Å². The second-order valence-electron chi connectivity index (χ2n) is 5.80. The lowest BCUT2D eigenvalue weighted by molar-refractivity contribution is -0.122. The van der Waals surface area contributed by atoms with Crippen LogP contribution in [0.4, 0.5) is 11.4 Å². The third kappa shape index (κ3) is 4.44. The third-order valence-corrected chi connectivity index (χ3v) is 4.30. The van der Waals surface area contributed by atoms with Gasteiger partial charge in [-0.1, -0.05) is 35.9 Å². The Kier molecular flexibility index (Phi) is 5.79. The summed E-state index contributed by atoms with van der Waals surface area (Å²) in [5.41, 5.74) is 1.51. The Labute approximate surface area is 152 Å². The van der Waals surface area contributed by atoms with E-state index in [0.29, 0.717) is 29.7 Å². The van der Waals surface area contributed by atoms with Crippen molar-refractivity contribution in [1.29, 1.82) is 0 Å². The Balaban J connectivity index is 1.73. The van der Waals surface area contributed by atoms with Gasteiger partial charge in [0.05, 0.1) is 29.6 Å². The fourth-order valence-corrected chi connectivity index (χ4v) is 3.01. The van der Waals surface area contributed by atoms with Gasteiger partial charge in [-0.05, 0) is 31.2 Å². The van der Waals surface area contributed by atoms with Crippen molar-refractivity contribution < 1.29 is 14.3 Å². The molecule has 1 aliphatic rings. The fourth-order valence-electron chi connectivity index (χ4n) is 2.72. The highest BCUT2D eigenvalue weighted by Crippen LogP contribution is 2.34. The molecule has 1 saturated heterocycles. The highest BCUT2D eigenvalue weighted by atomic mass is 35.5. The Morgan fingerprint density at radius 2 is 1.88 bits per heavy atom. The summed E-state index contributed by atoms with van der Waals surface area (Å²) in [6, 6.07) is 14.8. The maximum absolute atomic E-state index is 12.5. The molecule has 0 aliphatic carbocycles. The fraction of sp³-hybridized carbons (Fsp3) is 0.316. The summed E-state index contributed by atoms with van der Waals surface area (Å²) in [4.78, 5) is 14.7. The number of para-hydroxylation sites is 2. The Morgan fingerprint density at radius 1 is 1.16 bits per heavy atom. The van der Waals surface area contributed by atoms with Crippen molar-refractivity contribution in [1.82, 2.24) is 0 Å². The van der Waals surface area contributed by atoms with Crippen LogP contribution in [0.5, 0.6) is 5.75 Å². The topological polar surface area (TPSA) is 50.8 Å². The van der Waals surface area contributed by atoms with Crippen LogP contribution in [0.25, 0.3) is 0 Å². The molecule has 132 valence electrons. The smallest absolute Gasteiger partial charge is 0.265 e. The molecular formula is C19H21ClN2O3. The number of benzene rings is 2. The predicted octanol–water partition coefficient (Wildman–Crippen LogP) is 3.58. The Hall–Kier alpha value is -2.24. The van der Waals surface area contributed by atoms with Crippen LogP contribution in [0.3, 0.4) is 0 Å². The van der Waals surface area contributed by atoms with Gasteiger partial charge in [-0.3, -0.25) is 4.79 Å². The molecule has 6 heteroatoms.